The lowest BCUT2D eigenvalue weighted by atomic mass is 10.2. The van der Waals surface area contributed by atoms with Gasteiger partial charge in [0.05, 0.1) is 0 Å². The number of hydrogen-bond donors (Lipinski definition) is 1. The third-order valence-electron chi connectivity index (χ3n) is 1.63. The number of nitrogen functional groups attached to an aromatic ring is 1. The van der Waals surface area contributed by atoms with E-state index in [0.29, 0.717) is 6.92 Å². The largest absolute Gasteiger partial charge is 0.382 e. The van der Waals surface area contributed by atoms with Gasteiger partial charge >= 0.3 is 0 Å². The first-order valence-corrected chi connectivity index (χ1v) is 4.75. The zero-order valence-corrected chi connectivity index (χ0v) is 9.60. The van der Waals surface area contributed by atoms with E-state index in [-0.39, 0.29) is 16.1 Å². The quantitative estimate of drug-likeness (QED) is 0.842. The normalized spacial score (nSPS) is 11.5. The van der Waals surface area contributed by atoms with Crippen LogP contribution in [0.25, 0.3) is 0 Å². The molecule has 82 valence electrons. The van der Waals surface area contributed by atoms with Crippen LogP contribution in [0.2, 0.25) is 0 Å². The molecule has 0 amide bonds. The Morgan fingerprint density at radius 3 is 2.40 bits per heavy atom. The van der Waals surface area contributed by atoms with Gasteiger partial charge < -0.3 is 5.73 Å². The molecule has 0 fully saturated rings. The van der Waals surface area contributed by atoms with Gasteiger partial charge in [0.2, 0.25) is 0 Å². The highest BCUT2D eigenvalue weighted by atomic mass is 79.9. The van der Waals surface area contributed by atoms with E-state index in [0.717, 1.165) is 0 Å². The van der Waals surface area contributed by atoms with Crippen LogP contribution in [0.4, 0.5) is 14.6 Å². The fourth-order valence-corrected chi connectivity index (χ4v) is 1.58. The van der Waals surface area contributed by atoms with E-state index in [1.165, 1.54) is 6.92 Å². The van der Waals surface area contributed by atoms with Crippen LogP contribution in [0.15, 0.2) is 4.60 Å². The van der Waals surface area contributed by atoms with Crippen molar-refractivity contribution in [3.05, 3.63) is 16.0 Å². The van der Waals surface area contributed by atoms with Gasteiger partial charge in [-0.05, 0) is 15.9 Å². The van der Waals surface area contributed by atoms with Crippen molar-refractivity contribution in [2.45, 2.75) is 19.8 Å². The molecule has 0 saturated carbocycles. The maximum atomic E-state index is 13.0. The van der Waals surface area contributed by atoms with Crippen LogP contribution in [0.3, 0.4) is 0 Å². The molecule has 0 aromatic carbocycles. The van der Waals surface area contributed by atoms with E-state index in [1.807, 2.05) is 0 Å². The SMILES string of the molecule is CC(=O)c1nc(Br)c(C(C)(F)F)nc1N. The molecule has 4 nitrogen and oxygen atoms in total. The predicted octanol–water partition coefficient (Wildman–Crippen LogP) is 2.14. The molecule has 1 aromatic rings. The first-order valence-electron chi connectivity index (χ1n) is 3.95. The van der Waals surface area contributed by atoms with E-state index in [4.69, 9.17) is 5.73 Å². The number of halogens is 3. The lowest BCUT2D eigenvalue weighted by Crippen LogP contribution is -2.16. The lowest BCUT2D eigenvalue weighted by molar-refractivity contribution is 0.0115. The summed E-state index contributed by atoms with van der Waals surface area (Å²) in [5.74, 6) is -3.87. The van der Waals surface area contributed by atoms with Gasteiger partial charge in [0.15, 0.2) is 11.6 Å². The summed E-state index contributed by atoms with van der Waals surface area (Å²) in [4.78, 5) is 18.1. The minimum Gasteiger partial charge on any atom is -0.382 e. The molecule has 0 aliphatic rings. The second kappa shape index (κ2) is 3.80. The number of hydrogen-bond acceptors (Lipinski definition) is 4. The number of rotatable bonds is 2. The van der Waals surface area contributed by atoms with Gasteiger partial charge in [-0.1, -0.05) is 0 Å². The van der Waals surface area contributed by atoms with Crippen molar-refractivity contribution in [2.24, 2.45) is 0 Å². The lowest BCUT2D eigenvalue weighted by Gasteiger charge is -2.12. The Balaban J connectivity index is 3.39. The molecular formula is C8H8BrF2N3O. The minimum absolute atomic E-state index is 0.116. The fourth-order valence-electron chi connectivity index (χ4n) is 0.966. The van der Waals surface area contributed by atoms with E-state index in [2.05, 4.69) is 25.9 Å². The maximum absolute atomic E-state index is 13.0. The van der Waals surface area contributed by atoms with Gasteiger partial charge in [-0.3, -0.25) is 4.79 Å². The van der Waals surface area contributed by atoms with Crippen LogP contribution < -0.4 is 5.73 Å². The highest BCUT2D eigenvalue weighted by Gasteiger charge is 2.31. The summed E-state index contributed by atoms with van der Waals surface area (Å²) in [5, 5.41) is 0. The number of ketones is 1. The average molecular weight is 280 g/mol. The minimum atomic E-state index is -3.16. The Morgan fingerprint density at radius 1 is 1.47 bits per heavy atom. The summed E-state index contributed by atoms with van der Waals surface area (Å²) in [7, 11) is 0. The summed E-state index contributed by atoms with van der Waals surface area (Å²) in [6, 6.07) is 0. The molecule has 15 heavy (non-hydrogen) atoms. The van der Waals surface area contributed by atoms with Crippen LogP contribution in [0.1, 0.15) is 30.0 Å². The smallest absolute Gasteiger partial charge is 0.289 e. The number of carbonyl (C=O) groups is 1. The highest BCUT2D eigenvalue weighted by Crippen LogP contribution is 2.31. The third kappa shape index (κ3) is 2.47. The molecule has 0 atom stereocenters. The molecule has 1 aromatic heterocycles. The van der Waals surface area contributed by atoms with Gasteiger partial charge in [0.1, 0.15) is 16.0 Å². The van der Waals surface area contributed by atoms with E-state index >= 15 is 0 Å². The number of nitrogens with two attached hydrogens (primary N) is 1. The molecule has 1 rings (SSSR count). The summed E-state index contributed by atoms with van der Waals surface area (Å²) in [5.41, 5.74) is 4.64. The molecule has 0 bridgehead atoms. The van der Waals surface area contributed by atoms with Crippen LogP contribution in [0.5, 0.6) is 0 Å². The van der Waals surface area contributed by atoms with Crippen molar-refractivity contribution in [3.8, 4) is 0 Å². The van der Waals surface area contributed by atoms with Gasteiger partial charge in [-0.25, -0.2) is 9.97 Å². The van der Waals surface area contributed by atoms with Gasteiger partial charge in [-0.15, -0.1) is 0 Å². The van der Waals surface area contributed by atoms with Gasteiger partial charge in [0, 0.05) is 13.8 Å². The Kier molecular flexibility index (Phi) is 3.03. The molecular weight excluding hydrogens is 272 g/mol. The van der Waals surface area contributed by atoms with Gasteiger partial charge in [-0.2, -0.15) is 8.78 Å². The molecule has 0 saturated heterocycles. The molecule has 0 spiro atoms. The first-order chi connectivity index (χ1) is 6.73. The number of aromatic nitrogens is 2. The molecule has 0 aliphatic carbocycles. The first kappa shape index (κ1) is 12.0. The van der Waals surface area contributed by atoms with Crippen molar-refractivity contribution < 1.29 is 13.6 Å². The van der Waals surface area contributed by atoms with Gasteiger partial charge in [0.25, 0.3) is 5.92 Å². The topological polar surface area (TPSA) is 68.9 Å². The number of nitrogens with zero attached hydrogens (tertiary/aromatic N) is 2. The Labute approximate surface area is 93.0 Å². The zero-order chi connectivity index (χ0) is 11.8. The van der Waals surface area contributed by atoms with Crippen LogP contribution in [-0.4, -0.2) is 15.8 Å². The molecule has 7 heteroatoms. The second-order valence-electron chi connectivity index (χ2n) is 3.04. The van der Waals surface area contributed by atoms with Crippen molar-refractivity contribution >= 4 is 27.5 Å². The fraction of sp³-hybridized carbons (Fsp3) is 0.375. The van der Waals surface area contributed by atoms with E-state index in [1.54, 1.807) is 0 Å². The van der Waals surface area contributed by atoms with Crippen molar-refractivity contribution in [1.29, 1.82) is 0 Å². The van der Waals surface area contributed by atoms with E-state index < -0.39 is 17.4 Å². The number of Topliss-reactive ketones (excluding diaryl/α,β-unsaturated/α-hetero) is 1. The summed E-state index contributed by atoms with van der Waals surface area (Å²) < 4.78 is 25.7. The van der Waals surface area contributed by atoms with Crippen LogP contribution >= 0.6 is 15.9 Å². The number of alkyl halides is 2. The number of anilines is 1. The highest BCUT2D eigenvalue weighted by molar-refractivity contribution is 9.10. The van der Waals surface area contributed by atoms with Crippen molar-refractivity contribution in [1.82, 2.24) is 9.97 Å². The average Bonchev–Trinajstić information content (AvgIpc) is 2.06. The molecule has 0 aliphatic heterocycles. The number of carbonyl (C=O) groups excluding carboxylic acids is 1. The molecule has 0 unspecified atom stereocenters. The Hall–Kier alpha value is -1.11. The molecule has 0 radical (unpaired) electrons. The van der Waals surface area contributed by atoms with Crippen molar-refractivity contribution in [3.63, 3.8) is 0 Å². The monoisotopic (exact) mass is 279 g/mol. The Bertz CT molecular complexity index is 417. The zero-order valence-electron chi connectivity index (χ0n) is 8.01. The second-order valence-corrected chi connectivity index (χ2v) is 3.79. The molecule has 2 N–H and O–H groups in total. The summed E-state index contributed by atoms with van der Waals surface area (Å²) >= 11 is 2.82. The van der Waals surface area contributed by atoms with Crippen LogP contribution in [-0.2, 0) is 5.92 Å². The Morgan fingerprint density at radius 2 is 2.00 bits per heavy atom. The summed E-state index contributed by atoms with van der Waals surface area (Å²) in [6.07, 6.45) is 0. The third-order valence-corrected chi connectivity index (χ3v) is 2.18. The van der Waals surface area contributed by atoms with E-state index in [9.17, 15) is 13.6 Å². The molecule has 1 heterocycles. The standard InChI is InChI=1S/C8H8BrF2N3O/c1-3(15)4-7(12)14-5(6(9)13-4)8(2,10)11/h1-2H3,(H2,12,14). The predicted molar refractivity (Wildman–Crippen MR) is 53.7 cm³/mol. The van der Waals surface area contributed by atoms with Crippen molar-refractivity contribution in [2.75, 3.05) is 5.73 Å². The van der Waals surface area contributed by atoms with Crippen LogP contribution in [0, 0.1) is 0 Å². The maximum Gasteiger partial charge on any atom is 0.289 e. The summed E-state index contributed by atoms with van der Waals surface area (Å²) in [6.45, 7) is 1.91.